The maximum Gasteiger partial charge on any atom is 0.360 e. The van der Waals surface area contributed by atoms with E-state index in [1.54, 1.807) is 13.0 Å². The third kappa shape index (κ3) is 2.76. The first kappa shape index (κ1) is 13.1. The van der Waals surface area contributed by atoms with Crippen LogP contribution in [0.5, 0.6) is 0 Å². The molecule has 0 aliphatic carbocycles. The van der Waals surface area contributed by atoms with Crippen molar-refractivity contribution in [3.8, 4) is 0 Å². The second kappa shape index (κ2) is 5.56. The maximum atomic E-state index is 12.9. The minimum atomic E-state index is -0.722. The average Bonchev–Trinajstić information content (AvgIpc) is 2.40. The van der Waals surface area contributed by atoms with E-state index in [9.17, 15) is 14.0 Å². The van der Waals surface area contributed by atoms with Crippen LogP contribution in [0.4, 0.5) is 4.39 Å². The molecule has 0 bridgehead atoms. The molecular weight excluding hydrogens is 249 g/mol. The summed E-state index contributed by atoms with van der Waals surface area (Å²) in [6.07, 6.45) is 1.61. The van der Waals surface area contributed by atoms with Crippen LogP contribution in [-0.4, -0.2) is 30.6 Å². The summed E-state index contributed by atoms with van der Waals surface area (Å²) in [5, 5.41) is 0. The van der Waals surface area contributed by atoms with E-state index in [-0.39, 0.29) is 24.7 Å². The molecule has 0 amide bonds. The highest BCUT2D eigenvalue weighted by molar-refractivity contribution is 6.73. The molecule has 0 saturated heterocycles. The fourth-order valence-electron chi connectivity index (χ4n) is 1.76. The highest BCUT2D eigenvalue weighted by Crippen LogP contribution is 2.19. The lowest BCUT2D eigenvalue weighted by Crippen LogP contribution is -2.29. The van der Waals surface area contributed by atoms with E-state index in [1.807, 2.05) is 0 Å². The van der Waals surface area contributed by atoms with Crippen LogP contribution >= 0.6 is 0 Å². The first-order chi connectivity index (χ1) is 9.13. The van der Waals surface area contributed by atoms with Gasteiger partial charge in [-0.1, -0.05) is 18.2 Å². The fourth-order valence-corrected chi connectivity index (χ4v) is 1.76. The number of halogens is 1. The van der Waals surface area contributed by atoms with Gasteiger partial charge in [-0.15, -0.1) is 0 Å². The standard InChI is InChI=1S/C14H12FNO3/c1-2-19-14(18)12-13(17)11(7-8-16-12)9-3-5-10(15)6-4-9/h3-7H,2,8H2,1H3. The summed E-state index contributed by atoms with van der Waals surface area (Å²) in [6, 6.07) is 5.51. The molecule has 0 unspecified atom stereocenters. The van der Waals surface area contributed by atoms with Gasteiger partial charge in [0.25, 0.3) is 0 Å². The van der Waals surface area contributed by atoms with Gasteiger partial charge in [-0.25, -0.2) is 9.18 Å². The smallest absolute Gasteiger partial charge is 0.360 e. The Hall–Kier alpha value is -2.30. The molecule has 0 atom stereocenters. The number of rotatable bonds is 3. The minimum Gasteiger partial charge on any atom is -0.461 e. The van der Waals surface area contributed by atoms with Crippen LogP contribution in [0.15, 0.2) is 35.3 Å². The van der Waals surface area contributed by atoms with E-state index in [0.29, 0.717) is 11.1 Å². The Morgan fingerprint density at radius 2 is 2.05 bits per heavy atom. The van der Waals surface area contributed by atoms with Gasteiger partial charge in [-0.2, -0.15) is 0 Å². The Kier molecular flexibility index (Phi) is 3.85. The van der Waals surface area contributed by atoms with E-state index in [4.69, 9.17) is 4.74 Å². The third-order valence-corrected chi connectivity index (χ3v) is 2.63. The number of ether oxygens (including phenoxy) is 1. The molecule has 1 heterocycles. The van der Waals surface area contributed by atoms with E-state index in [0.717, 1.165) is 0 Å². The highest BCUT2D eigenvalue weighted by Gasteiger charge is 2.27. The number of hydrogen-bond donors (Lipinski definition) is 0. The van der Waals surface area contributed by atoms with Crippen molar-refractivity contribution in [3.63, 3.8) is 0 Å². The molecule has 2 rings (SSSR count). The van der Waals surface area contributed by atoms with E-state index in [1.165, 1.54) is 24.3 Å². The Bertz CT molecular complexity index is 573. The lowest BCUT2D eigenvalue weighted by molar-refractivity contribution is -0.135. The van der Waals surface area contributed by atoms with E-state index in [2.05, 4.69) is 4.99 Å². The minimum absolute atomic E-state index is 0.181. The number of carbonyl (C=O) groups excluding carboxylic acids is 2. The lowest BCUT2D eigenvalue weighted by atomic mass is 9.96. The molecule has 4 nitrogen and oxygen atoms in total. The van der Waals surface area contributed by atoms with Gasteiger partial charge in [-0.3, -0.25) is 9.79 Å². The molecule has 1 aliphatic rings. The molecule has 0 spiro atoms. The molecule has 98 valence electrons. The molecule has 19 heavy (non-hydrogen) atoms. The largest absolute Gasteiger partial charge is 0.461 e. The fraction of sp³-hybridized carbons (Fsp3) is 0.214. The van der Waals surface area contributed by atoms with E-state index >= 15 is 0 Å². The molecule has 0 saturated carbocycles. The van der Waals surface area contributed by atoms with Crippen LogP contribution in [0.3, 0.4) is 0 Å². The van der Waals surface area contributed by atoms with Crippen molar-refractivity contribution in [1.29, 1.82) is 0 Å². The average molecular weight is 261 g/mol. The van der Waals surface area contributed by atoms with Crippen molar-refractivity contribution in [3.05, 3.63) is 41.7 Å². The maximum absolute atomic E-state index is 12.9. The number of dihydropyridines is 1. The summed E-state index contributed by atoms with van der Waals surface area (Å²) in [7, 11) is 0. The Morgan fingerprint density at radius 1 is 1.37 bits per heavy atom. The molecule has 0 aromatic heterocycles. The normalized spacial score (nSPS) is 14.7. The van der Waals surface area contributed by atoms with Crippen LogP contribution in [0, 0.1) is 5.82 Å². The summed E-state index contributed by atoms with van der Waals surface area (Å²) in [5.41, 5.74) is 0.699. The number of ketones is 1. The number of nitrogens with zero attached hydrogens (tertiary/aromatic N) is 1. The van der Waals surface area contributed by atoms with Crippen molar-refractivity contribution in [2.24, 2.45) is 4.99 Å². The van der Waals surface area contributed by atoms with Crippen molar-refractivity contribution >= 4 is 23.0 Å². The summed E-state index contributed by atoms with van der Waals surface area (Å²) in [6.45, 7) is 2.07. The lowest BCUT2D eigenvalue weighted by Gasteiger charge is -2.12. The summed E-state index contributed by atoms with van der Waals surface area (Å²) < 4.78 is 17.6. The van der Waals surface area contributed by atoms with Crippen molar-refractivity contribution in [1.82, 2.24) is 0 Å². The predicted molar refractivity (Wildman–Crippen MR) is 68.3 cm³/mol. The van der Waals surface area contributed by atoms with Gasteiger partial charge < -0.3 is 4.74 Å². The zero-order chi connectivity index (χ0) is 13.8. The summed E-state index contributed by atoms with van der Waals surface area (Å²) in [4.78, 5) is 27.6. The van der Waals surface area contributed by atoms with Gasteiger partial charge in [-0.05, 0) is 24.6 Å². The number of allylic oxidation sites excluding steroid dienone is 1. The second-order valence-corrected chi connectivity index (χ2v) is 3.86. The Balaban J connectivity index is 2.25. The second-order valence-electron chi connectivity index (χ2n) is 3.86. The van der Waals surface area contributed by atoms with Crippen molar-refractivity contribution in [2.75, 3.05) is 13.2 Å². The summed E-state index contributed by atoms with van der Waals surface area (Å²) in [5.74, 6) is -1.59. The van der Waals surface area contributed by atoms with Crippen LogP contribution in [0.1, 0.15) is 12.5 Å². The molecule has 0 radical (unpaired) electrons. The van der Waals surface area contributed by atoms with Crippen molar-refractivity contribution < 1.29 is 18.7 Å². The number of benzene rings is 1. The Labute approximate surface area is 109 Å². The highest BCUT2D eigenvalue weighted by atomic mass is 19.1. The zero-order valence-corrected chi connectivity index (χ0v) is 10.4. The van der Waals surface area contributed by atoms with E-state index < -0.39 is 11.8 Å². The van der Waals surface area contributed by atoms with Crippen LogP contribution in [0.2, 0.25) is 0 Å². The van der Waals surface area contributed by atoms with Crippen LogP contribution < -0.4 is 0 Å². The van der Waals surface area contributed by atoms with Crippen LogP contribution in [0.25, 0.3) is 5.57 Å². The van der Waals surface area contributed by atoms with Gasteiger partial charge in [0, 0.05) is 5.57 Å². The molecule has 0 N–H and O–H groups in total. The molecule has 1 aromatic carbocycles. The topological polar surface area (TPSA) is 55.7 Å². The number of aliphatic imine (C=N–C) groups is 1. The Morgan fingerprint density at radius 3 is 2.68 bits per heavy atom. The molecule has 0 fully saturated rings. The SMILES string of the molecule is CCOC(=O)C1=NCC=C(c2ccc(F)cc2)C1=O. The number of carbonyl (C=O) groups is 2. The molecule has 5 heteroatoms. The third-order valence-electron chi connectivity index (χ3n) is 2.63. The quantitative estimate of drug-likeness (QED) is 0.779. The summed E-state index contributed by atoms with van der Waals surface area (Å²) >= 11 is 0. The van der Waals surface area contributed by atoms with Gasteiger partial charge >= 0.3 is 5.97 Å². The van der Waals surface area contributed by atoms with Crippen molar-refractivity contribution in [2.45, 2.75) is 6.92 Å². The predicted octanol–water partition coefficient (Wildman–Crippen LogP) is 1.80. The van der Waals surface area contributed by atoms with Crippen LogP contribution in [-0.2, 0) is 14.3 Å². The molecule has 1 aromatic rings. The zero-order valence-electron chi connectivity index (χ0n) is 10.4. The number of hydrogen-bond acceptors (Lipinski definition) is 4. The van der Waals surface area contributed by atoms with Gasteiger partial charge in [0.1, 0.15) is 5.82 Å². The van der Waals surface area contributed by atoms with Gasteiger partial charge in [0.2, 0.25) is 5.78 Å². The monoisotopic (exact) mass is 261 g/mol. The number of Topliss-reactive ketones (excluding diaryl/α,β-unsaturated/α-hetero) is 1. The first-order valence-corrected chi connectivity index (χ1v) is 5.86. The van der Waals surface area contributed by atoms with Gasteiger partial charge in [0.05, 0.1) is 13.2 Å². The molecule has 1 aliphatic heterocycles. The van der Waals surface area contributed by atoms with Gasteiger partial charge in [0.15, 0.2) is 5.71 Å². The molecular formula is C14H12FNO3. The number of esters is 1. The first-order valence-electron chi connectivity index (χ1n) is 5.86.